The number of nitrogens with two attached hydrogens (primary N) is 3. The summed E-state index contributed by atoms with van der Waals surface area (Å²) in [6, 6.07) is 6.26. The Morgan fingerprint density at radius 1 is 0.692 bits per heavy atom. The number of amides is 3. The molecule has 18 heteroatoms. The first-order chi connectivity index (χ1) is 30.9. The summed E-state index contributed by atoms with van der Waals surface area (Å²) in [7, 11) is 0. The van der Waals surface area contributed by atoms with Gasteiger partial charge in [0, 0.05) is 51.4 Å². The van der Waals surface area contributed by atoms with Crippen molar-refractivity contribution in [1.29, 1.82) is 0 Å². The molecule has 18 nitrogen and oxygen atoms in total. The standard InChI is InChI=1S/C26H39N7O3.C21H31N7O/c1-7-8-11-19-32-21-22(20-17(30-23(21)27)10-9-12-28-20)33(19)14-13-29-24(34)18(15-16(2)3)31-25(35)36-26(4,5)6;1-4-5-8-16-27-18-19(17-15(26-20(18)23)7-6-9-24-17)28(16)11-10-25-21(29)14(22)12-13(2)3/h9-10,12,16,18H,7-8,11,13-15H2,1-6H3,(H2,27,30)(H,29,34)(H,31,35);6-7,9,13-14H,4-5,8,10-12,22H2,1-3H3,(H2,23,26)(H,25,29). The van der Waals surface area contributed by atoms with Crippen molar-refractivity contribution in [2.75, 3.05) is 24.6 Å². The molecule has 6 aromatic rings. The third kappa shape index (κ3) is 13.2. The number of hydrogen-bond donors (Lipinski definition) is 6. The zero-order valence-corrected chi connectivity index (χ0v) is 39.7. The fourth-order valence-corrected chi connectivity index (χ4v) is 7.68. The number of aromatic nitrogens is 8. The van der Waals surface area contributed by atoms with E-state index in [1.165, 1.54) is 0 Å². The van der Waals surface area contributed by atoms with Crippen molar-refractivity contribution in [1.82, 2.24) is 55.0 Å². The second-order valence-corrected chi connectivity index (χ2v) is 18.3. The van der Waals surface area contributed by atoms with Gasteiger partial charge in [-0.1, -0.05) is 54.4 Å². The predicted molar refractivity (Wildman–Crippen MR) is 258 cm³/mol. The Labute approximate surface area is 381 Å². The molecule has 352 valence electrons. The number of nitrogen functional groups attached to an aromatic ring is 2. The number of ether oxygens (including phenoxy) is 1. The van der Waals surface area contributed by atoms with Crippen molar-refractivity contribution >= 4 is 73.7 Å². The van der Waals surface area contributed by atoms with Crippen LogP contribution in [0, 0.1) is 11.8 Å². The molecule has 0 aliphatic carbocycles. The summed E-state index contributed by atoms with van der Waals surface area (Å²) in [5.41, 5.74) is 23.7. The van der Waals surface area contributed by atoms with Crippen LogP contribution in [0.4, 0.5) is 16.4 Å². The largest absolute Gasteiger partial charge is 0.444 e. The SMILES string of the molecule is CCCCc1nc2c(N)nc3cccnc3c2n1CCNC(=O)C(CC(C)C)NC(=O)OC(C)(C)C.CCCCc1nc2c(N)nc3cccnc3c2n1CCNC(=O)C(N)CC(C)C. The Morgan fingerprint density at radius 2 is 1.15 bits per heavy atom. The summed E-state index contributed by atoms with van der Waals surface area (Å²) in [5, 5.41) is 8.66. The molecule has 2 atom stereocenters. The fraction of sp³-hybridized carbons (Fsp3) is 0.553. The number of alkyl carbamates (subject to hydrolysis) is 1. The first-order valence-electron chi connectivity index (χ1n) is 23.0. The number of unbranched alkanes of at least 4 members (excludes halogenated alkanes) is 2. The molecule has 6 rings (SSSR count). The molecule has 6 heterocycles. The zero-order valence-electron chi connectivity index (χ0n) is 39.7. The molecule has 2 unspecified atom stereocenters. The number of anilines is 2. The number of aryl methyl sites for hydroxylation is 2. The Morgan fingerprint density at radius 3 is 1.58 bits per heavy atom. The van der Waals surface area contributed by atoms with Gasteiger partial charge >= 0.3 is 6.09 Å². The van der Waals surface area contributed by atoms with Crippen molar-refractivity contribution in [3.8, 4) is 0 Å². The van der Waals surface area contributed by atoms with E-state index in [2.05, 4.69) is 72.7 Å². The quantitative estimate of drug-likeness (QED) is 0.0518. The van der Waals surface area contributed by atoms with Crippen LogP contribution in [0.15, 0.2) is 36.7 Å². The molecule has 6 aromatic heterocycles. The molecule has 0 aromatic carbocycles. The maximum absolute atomic E-state index is 13.0. The van der Waals surface area contributed by atoms with Gasteiger partial charge in [-0.25, -0.2) is 24.7 Å². The lowest BCUT2D eigenvalue weighted by atomic mass is 10.0. The van der Waals surface area contributed by atoms with Crippen molar-refractivity contribution in [3.05, 3.63) is 48.3 Å². The van der Waals surface area contributed by atoms with E-state index in [0.717, 1.165) is 77.8 Å². The summed E-state index contributed by atoms with van der Waals surface area (Å²) in [4.78, 5) is 65.2. The minimum atomic E-state index is -0.693. The summed E-state index contributed by atoms with van der Waals surface area (Å²) in [5.74, 6) is 2.81. The van der Waals surface area contributed by atoms with Gasteiger partial charge in [0.2, 0.25) is 11.8 Å². The van der Waals surface area contributed by atoms with Gasteiger partial charge in [-0.2, -0.15) is 0 Å². The highest BCUT2D eigenvalue weighted by molar-refractivity contribution is 6.05. The average Bonchev–Trinajstić information content (AvgIpc) is 3.80. The number of carbonyl (C=O) groups excluding carboxylic acids is 3. The fourth-order valence-electron chi connectivity index (χ4n) is 7.68. The van der Waals surface area contributed by atoms with Gasteiger partial charge in [0.1, 0.15) is 56.4 Å². The topological polar surface area (TPSA) is 262 Å². The number of imidazole rings is 2. The van der Waals surface area contributed by atoms with Crippen LogP contribution in [0.25, 0.3) is 44.1 Å². The van der Waals surface area contributed by atoms with Gasteiger partial charge in [-0.15, -0.1) is 0 Å². The summed E-state index contributed by atoms with van der Waals surface area (Å²) in [6.07, 6.45) is 9.73. The number of nitrogens with one attached hydrogen (secondary N) is 3. The van der Waals surface area contributed by atoms with Gasteiger partial charge in [-0.3, -0.25) is 19.6 Å². The Bertz CT molecular complexity index is 2560. The molecule has 0 spiro atoms. The number of pyridine rings is 4. The number of carbonyl (C=O) groups is 3. The third-order valence-corrected chi connectivity index (χ3v) is 10.6. The minimum Gasteiger partial charge on any atom is -0.444 e. The normalized spacial score (nSPS) is 12.7. The number of nitrogens with zero attached hydrogens (tertiary/aromatic N) is 8. The molecule has 3 amide bonds. The molecule has 0 fully saturated rings. The van der Waals surface area contributed by atoms with Crippen LogP contribution in [0.3, 0.4) is 0 Å². The van der Waals surface area contributed by atoms with Gasteiger partial charge in [0.15, 0.2) is 11.6 Å². The van der Waals surface area contributed by atoms with Gasteiger partial charge < -0.3 is 47.0 Å². The minimum absolute atomic E-state index is 0.123. The van der Waals surface area contributed by atoms with E-state index in [4.69, 9.17) is 31.9 Å². The van der Waals surface area contributed by atoms with Crippen LogP contribution >= 0.6 is 0 Å². The van der Waals surface area contributed by atoms with Gasteiger partial charge in [0.25, 0.3) is 0 Å². The van der Waals surface area contributed by atoms with Crippen LogP contribution in [0.5, 0.6) is 0 Å². The Hall–Kier alpha value is -6.17. The smallest absolute Gasteiger partial charge is 0.408 e. The molecule has 9 N–H and O–H groups in total. The number of hydrogen-bond acceptors (Lipinski definition) is 13. The van der Waals surface area contributed by atoms with Crippen molar-refractivity contribution in [2.24, 2.45) is 17.6 Å². The molecule has 0 aliphatic heterocycles. The van der Waals surface area contributed by atoms with E-state index in [-0.39, 0.29) is 17.7 Å². The Kier molecular flexibility index (Phi) is 17.4. The van der Waals surface area contributed by atoms with Crippen LogP contribution < -0.4 is 33.2 Å². The van der Waals surface area contributed by atoms with Crippen LogP contribution in [-0.4, -0.2) is 87.7 Å². The highest BCUT2D eigenvalue weighted by Crippen LogP contribution is 2.29. The van der Waals surface area contributed by atoms with Gasteiger partial charge in [-0.05, 0) is 82.6 Å². The maximum atomic E-state index is 13.0. The first kappa shape index (κ1) is 49.8. The molecule has 0 bridgehead atoms. The molecular weight excluding hydrogens is 825 g/mol. The first-order valence-corrected chi connectivity index (χ1v) is 23.0. The Balaban J connectivity index is 0.000000250. The summed E-state index contributed by atoms with van der Waals surface area (Å²) in [6.45, 7) is 19.6. The van der Waals surface area contributed by atoms with E-state index in [0.29, 0.717) is 73.1 Å². The zero-order chi connectivity index (χ0) is 47.4. The molecule has 65 heavy (non-hydrogen) atoms. The number of fused-ring (bicyclic) bond motifs is 6. The molecule has 0 radical (unpaired) electrons. The second-order valence-electron chi connectivity index (χ2n) is 18.3. The summed E-state index contributed by atoms with van der Waals surface area (Å²) >= 11 is 0. The molecular formula is C47H70N14O4. The lowest BCUT2D eigenvalue weighted by Gasteiger charge is -2.24. The predicted octanol–water partition coefficient (Wildman–Crippen LogP) is 6.35. The van der Waals surface area contributed by atoms with E-state index in [1.807, 2.05) is 38.1 Å². The van der Waals surface area contributed by atoms with E-state index in [9.17, 15) is 14.4 Å². The van der Waals surface area contributed by atoms with Crippen molar-refractivity contribution in [2.45, 2.75) is 144 Å². The van der Waals surface area contributed by atoms with Crippen LogP contribution in [0.2, 0.25) is 0 Å². The van der Waals surface area contributed by atoms with Crippen LogP contribution in [0.1, 0.15) is 112 Å². The molecule has 0 aliphatic rings. The lowest BCUT2D eigenvalue weighted by Crippen LogP contribution is -2.49. The van der Waals surface area contributed by atoms with Crippen molar-refractivity contribution < 1.29 is 19.1 Å². The van der Waals surface area contributed by atoms with Crippen molar-refractivity contribution in [3.63, 3.8) is 0 Å². The monoisotopic (exact) mass is 895 g/mol. The van der Waals surface area contributed by atoms with E-state index in [1.54, 1.807) is 33.2 Å². The average molecular weight is 895 g/mol. The highest BCUT2D eigenvalue weighted by atomic mass is 16.6. The van der Waals surface area contributed by atoms with E-state index >= 15 is 0 Å². The third-order valence-electron chi connectivity index (χ3n) is 10.6. The van der Waals surface area contributed by atoms with Crippen LogP contribution in [-0.2, 0) is 40.3 Å². The lowest BCUT2D eigenvalue weighted by molar-refractivity contribution is -0.124. The molecule has 0 saturated carbocycles. The second kappa shape index (κ2) is 22.6. The highest BCUT2D eigenvalue weighted by Gasteiger charge is 2.26. The number of rotatable bonds is 19. The maximum Gasteiger partial charge on any atom is 0.408 e. The molecule has 0 saturated heterocycles. The van der Waals surface area contributed by atoms with E-state index < -0.39 is 23.8 Å². The summed E-state index contributed by atoms with van der Waals surface area (Å²) < 4.78 is 9.55. The van der Waals surface area contributed by atoms with Gasteiger partial charge in [0.05, 0.1) is 17.1 Å².